The Balaban J connectivity index is 2.60. The SMILES string of the molecule is CCn1ncc(OC)c1C(NC)c1c(C)oc(C)c1C. The van der Waals surface area contributed by atoms with E-state index in [2.05, 4.69) is 24.3 Å². The molecule has 2 rings (SSSR count). The van der Waals surface area contributed by atoms with Crippen LogP contribution in [0.15, 0.2) is 10.6 Å². The third-order valence-electron chi connectivity index (χ3n) is 3.83. The number of hydrogen-bond donors (Lipinski definition) is 1. The minimum atomic E-state index is 0.00449. The molecule has 0 aliphatic carbocycles. The van der Waals surface area contributed by atoms with Crippen LogP contribution < -0.4 is 10.1 Å². The van der Waals surface area contributed by atoms with E-state index >= 15 is 0 Å². The highest BCUT2D eigenvalue weighted by Crippen LogP contribution is 2.35. The Bertz CT molecular complexity index is 577. The molecule has 1 atom stereocenters. The standard InChI is InChI=1S/C15H23N3O2/c1-7-18-15(12(19-6)8-17-18)14(16-5)13-9(2)10(3)20-11(13)4/h8,14,16H,7H2,1-6H3. The summed E-state index contributed by atoms with van der Waals surface area (Å²) in [7, 11) is 3.62. The average molecular weight is 277 g/mol. The molecule has 0 saturated heterocycles. The van der Waals surface area contributed by atoms with Crippen LogP contribution in [0.5, 0.6) is 5.75 Å². The van der Waals surface area contributed by atoms with Crippen LogP contribution in [0.1, 0.15) is 41.3 Å². The summed E-state index contributed by atoms with van der Waals surface area (Å²) < 4.78 is 13.2. The Hall–Kier alpha value is -1.75. The van der Waals surface area contributed by atoms with Gasteiger partial charge in [0, 0.05) is 12.1 Å². The van der Waals surface area contributed by atoms with E-state index in [-0.39, 0.29) is 6.04 Å². The van der Waals surface area contributed by atoms with Gasteiger partial charge in [-0.2, -0.15) is 5.10 Å². The summed E-state index contributed by atoms with van der Waals surface area (Å²) >= 11 is 0. The van der Waals surface area contributed by atoms with E-state index in [1.54, 1.807) is 13.3 Å². The number of methoxy groups -OCH3 is 1. The Morgan fingerprint density at radius 2 is 2.05 bits per heavy atom. The van der Waals surface area contributed by atoms with Crippen LogP contribution in [0.3, 0.4) is 0 Å². The molecule has 0 aliphatic heterocycles. The number of furan rings is 1. The number of ether oxygens (including phenoxy) is 1. The Morgan fingerprint density at radius 3 is 2.50 bits per heavy atom. The summed E-state index contributed by atoms with van der Waals surface area (Å²) in [6.45, 7) is 8.95. The predicted molar refractivity (Wildman–Crippen MR) is 78.3 cm³/mol. The summed E-state index contributed by atoms with van der Waals surface area (Å²) in [5.74, 6) is 2.69. The first-order valence-corrected chi connectivity index (χ1v) is 6.88. The number of hydrogen-bond acceptors (Lipinski definition) is 4. The summed E-state index contributed by atoms with van der Waals surface area (Å²) in [5.41, 5.74) is 3.37. The fourth-order valence-corrected chi connectivity index (χ4v) is 2.73. The molecule has 5 heteroatoms. The molecular weight excluding hydrogens is 254 g/mol. The van der Waals surface area contributed by atoms with Gasteiger partial charge in [-0.25, -0.2) is 0 Å². The quantitative estimate of drug-likeness (QED) is 0.913. The minimum Gasteiger partial charge on any atom is -0.493 e. The highest BCUT2D eigenvalue weighted by atomic mass is 16.5. The molecule has 0 radical (unpaired) electrons. The zero-order chi connectivity index (χ0) is 14.9. The van der Waals surface area contributed by atoms with Crippen molar-refractivity contribution in [2.45, 2.75) is 40.3 Å². The number of nitrogens with zero attached hydrogens (tertiary/aromatic N) is 2. The fraction of sp³-hybridized carbons (Fsp3) is 0.533. The fourth-order valence-electron chi connectivity index (χ4n) is 2.73. The maximum atomic E-state index is 5.76. The van der Waals surface area contributed by atoms with Crippen LogP contribution in [-0.4, -0.2) is 23.9 Å². The van der Waals surface area contributed by atoms with Crippen molar-refractivity contribution in [2.24, 2.45) is 0 Å². The van der Waals surface area contributed by atoms with E-state index in [9.17, 15) is 0 Å². The van der Waals surface area contributed by atoms with Crippen molar-refractivity contribution in [3.05, 3.63) is 34.5 Å². The molecule has 20 heavy (non-hydrogen) atoms. The highest BCUT2D eigenvalue weighted by molar-refractivity contribution is 5.42. The van der Waals surface area contributed by atoms with Crippen LogP contribution >= 0.6 is 0 Å². The number of rotatable bonds is 5. The van der Waals surface area contributed by atoms with Gasteiger partial charge in [-0.1, -0.05) is 0 Å². The zero-order valence-corrected chi connectivity index (χ0v) is 13.1. The molecular formula is C15H23N3O2. The van der Waals surface area contributed by atoms with Gasteiger partial charge in [0.1, 0.15) is 17.2 Å². The lowest BCUT2D eigenvalue weighted by atomic mass is 9.99. The molecule has 0 amide bonds. The zero-order valence-electron chi connectivity index (χ0n) is 13.1. The van der Waals surface area contributed by atoms with Crippen molar-refractivity contribution < 1.29 is 9.15 Å². The second kappa shape index (κ2) is 5.71. The number of aromatic nitrogens is 2. The van der Waals surface area contributed by atoms with Crippen molar-refractivity contribution in [2.75, 3.05) is 14.2 Å². The Morgan fingerprint density at radius 1 is 1.35 bits per heavy atom. The van der Waals surface area contributed by atoms with Gasteiger partial charge < -0.3 is 14.5 Å². The maximum absolute atomic E-state index is 5.76. The third kappa shape index (κ3) is 2.22. The van der Waals surface area contributed by atoms with E-state index in [0.717, 1.165) is 29.5 Å². The van der Waals surface area contributed by atoms with E-state index in [1.807, 2.05) is 25.6 Å². The first-order chi connectivity index (χ1) is 9.54. The van der Waals surface area contributed by atoms with Crippen LogP contribution in [0.25, 0.3) is 0 Å². The van der Waals surface area contributed by atoms with E-state index in [0.29, 0.717) is 0 Å². The molecule has 0 saturated carbocycles. The molecule has 5 nitrogen and oxygen atoms in total. The largest absolute Gasteiger partial charge is 0.493 e. The van der Waals surface area contributed by atoms with Gasteiger partial charge in [0.2, 0.25) is 0 Å². The lowest BCUT2D eigenvalue weighted by Crippen LogP contribution is -2.23. The maximum Gasteiger partial charge on any atom is 0.161 e. The molecule has 0 aliphatic rings. The van der Waals surface area contributed by atoms with Gasteiger partial charge in [-0.05, 0) is 40.3 Å². The van der Waals surface area contributed by atoms with Gasteiger partial charge in [-0.15, -0.1) is 0 Å². The number of nitrogens with one attached hydrogen (secondary N) is 1. The molecule has 0 spiro atoms. The molecule has 1 N–H and O–H groups in total. The van der Waals surface area contributed by atoms with Gasteiger partial charge in [0.25, 0.3) is 0 Å². The topological polar surface area (TPSA) is 52.2 Å². The van der Waals surface area contributed by atoms with Crippen molar-refractivity contribution >= 4 is 0 Å². The monoisotopic (exact) mass is 277 g/mol. The smallest absolute Gasteiger partial charge is 0.161 e. The van der Waals surface area contributed by atoms with Crippen molar-refractivity contribution in [1.82, 2.24) is 15.1 Å². The molecule has 1 unspecified atom stereocenters. The van der Waals surface area contributed by atoms with Gasteiger partial charge in [-0.3, -0.25) is 4.68 Å². The first kappa shape index (κ1) is 14.7. The lowest BCUT2D eigenvalue weighted by molar-refractivity contribution is 0.400. The molecule has 2 heterocycles. The van der Waals surface area contributed by atoms with Crippen molar-refractivity contribution in [1.29, 1.82) is 0 Å². The predicted octanol–water partition coefficient (Wildman–Crippen LogP) is 2.74. The summed E-state index contributed by atoms with van der Waals surface area (Å²) in [5, 5.41) is 7.75. The highest BCUT2D eigenvalue weighted by Gasteiger charge is 2.27. The van der Waals surface area contributed by atoms with Crippen molar-refractivity contribution in [3.8, 4) is 5.75 Å². The molecule has 0 bridgehead atoms. The van der Waals surface area contributed by atoms with Crippen molar-refractivity contribution in [3.63, 3.8) is 0 Å². The second-order valence-electron chi connectivity index (χ2n) is 4.89. The average Bonchev–Trinajstić information content (AvgIpc) is 2.95. The van der Waals surface area contributed by atoms with Gasteiger partial charge in [0.05, 0.1) is 19.3 Å². The van der Waals surface area contributed by atoms with Crippen LogP contribution in [0.4, 0.5) is 0 Å². The van der Waals surface area contributed by atoms with Gasteiger partial charge in [0.15, 0.2) is 5.75 Å². The molecule has 0 fully saturated rings. The Kier molecular flexibility index (Phi) is 4.18. The molecule has 2 aromatic rings. The molecule has 110 valence electrons. The molecule has 0 aromatic carbocycles. The first-order valence-electron chi connectivity index (χ1n) is 6.88. The molecule has 2 aromatic heterocycles. The minimum absolute atomic E-state index is 0.00449. The summed E-state index contributed by atoms with van der Waals surface area (Å²) in [6.07, 6.45) is 1.76. The lowest BCUT2D eigenvalue weighted by Gasteiger charge is -2.19. The van der Waals surface area contributed by atoms with Crippen LogP contribution in [0, 0.1) is 20.8 Å². The van der Waals surface area contributed by atoms with Crippen LogP contribution in [0.2, 0.25) is 0 Å². The second-order valence-corrected chi connectivity index (χ2v) is 4.89. The van der Waals surface area contributed by atoms with Crippen LogP contribution in [-0.2, 0) is 6.54 Å². The third-order valence-corrected chi connectivity index (χ3v) is 3.83. The summed E-state index contributed by atoms with van der Waals surface area (Å²) in [6, 6.07) is 0.00449. The summed E-state index contributed by atoms with van der Waals surface area (Å²) in [4.78, 5) is 0. The number of aryl methyl sites for hydroxylation is 3. The van der Waals surface area contributed by atoms with Gasteiger partial charge >= 0.3 is 0 Å². The normalized spacial score (nSPS) is 12.7. The van der Waals surface area contributed by atoms with E-state index in [1.165, 1.54) is 11.1 Å². The van der Waals surface area contributed by atoms with E-state index < -0.39 is 0 Å². The Labute approximate surface area is 119 Å². The van der Waals surface area contributed by atoms with E-state index in [4.69, 9.17) is 9.15 Å².